The second-order valence-electron chi connectivity index (χ2n) is 3.75. The lowest BCUT2D eigenvalue weighted by molar-refractivity contribution is -0.219. The number of nitrogens with two attached hydrogens (primary N) is 1. The van der Waals surface area contributed by atoms with E-state index < -0.39 is 18.8 Å². The molecule has 0 aromatic heterocycles. The topological polar surface area (TPSA) is 35.2 Å². The minimum absolute atomic E-state index is 0.196. The molecule has 5 heteroatoms. The molecule has 0 aliphatic heterocycles. The first-order valence-electron chi connectivity index (χ1n) is 4.92. The zero-order valence-electron chi connectivity index (χ0n) is 8.02. The van der Waals surface area contributed by atoms with Crippen molar-refractivity contribution in [3.63, 3.8) is 0 Å². The minimum Gasteiger partial charge on any atom is -0.367 e. The molecule has 1 atom stereocenters. The first kappa shape index (κ1) is 11.8. The van der Waals surface area contributed by atoms with Crippen LogP contribution in [-0.4, -0.2) is 25.4 Å². The van der Waals surface area contributed by atoms with Gasteiger partial charge < -0.3 is 10.5 Å². The van der Waals surface area contributed by atoms with E-state index in [9.17, 15) is 13.2 Å². The number of rotatable bonds is 4. The van der Waals surface area contributed by atoms with Gasteiger partial charge in [0.1, 0.15) is 0 Å². The minimum atomic E-state index is -4.33. The highest BCUT2D eigenvalue weighted by Crippen LogP contribution is 2.27. The van der Waals surface area contributed by atoms with E-state index in [1.54, 1.807) is 0 Å². The van der Waals surface area contributed by atoms with Gasteiger partial charge in [0.25, 0.3) is 0 Å². The van der Waals surface area contributed by atoms with Gasteiger partial charge in [-0.1, -0.05) is 12.8 Å². The molecule has 1 aliphatic rings. The van der Waals surface area contributed by atoms with Crippen molar-refractivity contribution in [3.05, 3.63) is 0 Å². The molecule has 0 radical (unpaired) electrons. The fourth-order valence-electron chi connectivity index (χ4n) is 1.73. The highest BCUT2D eigenvalue weighted by atomic mass is 19.4. The Hall–Kier alpha value is -0.290. The third kappa shape index (κ3) is 3.46. The van der Waals surface area contributed by atoms with Crippen LogP contribution in [0.25, 0.3) is 0 Å². The van der Waals surface area contributed by atoms with Gasteiger partial charge in [0, 0.05) is 6.54 Å². The molecular weight excluding hydrogens is 195 g/mol. The van der Waals surface area contributed by atoms with E-state index in [1.807, 2.05) is 0 Å². The summed E-state index contributed by atoms with van der Waals surface area (Å²) in [5.74, 6) is 0.298. The maximum atomic E-state index is 12.2. The summed E-state index contributed by atoms with van der Waals surface area (Å²) in [5, 5.41) is 0. The van der Waals surface area contributed by atoms with Gasteiger partial charge in [-0.3, -0.25) is 0 Å². The van der Waals surface area contributed by atoms with Crippen molar-refractivity contribution < 1.29 is 17.9 Å². The molecule has 0 heterocycles. The van der Waals surface area contributed by atoms with E-state index in [0.717, 1.165) is 25.7 Å². The van der Waals surface area contributed by atoms with Crippen molar-refractivity contribution in [3.8, 4) is 0 Å². The lowest BCUT2D eigenvalue weighted by atomic mass is 10.1. The van der Waals surface area contributed by atoms with Gasteiger partial charge in [-0.25, -0.2) is 0 Å². The van der Waals surface area contributed by atoms with Crippen LogP contribution in [0.1, 0.15) is 25.7 Å². The molecule has 2 N–H and O–H groups in total. The van der Waals surface area contributed by atoms with Crippen LogP contribution in [0.3, 0.4) is 0 Å². The molecule has 1 unspecified atom stereocenters. The molecule has 0 bridgehead atoms. The maximum absolute atomic E-state index is 12.2. The fourth-order valence-corrected chi connectivity index (χ4v) is 1.73. The van der Waals surface area contributed by atoms with E-state index in [1.165, 1.54) is 0 Å². The summed E-state index contributed by atoms with van der Waals surface area (Å²) in [6.45, 7) is -0.294. The largest absolute Gasteiger partial charge is 0.415 e. The third-order valence-electron chi connectivity index (χ3n) is 2.59. The van der Waals surface area contributed by atoms with Crippen molar-refractivity contribution in [2.75, 3.05) is 13.2 Å². The molecule has 0 aromatic carbocycles. The zero-order chi connectivity index (χ0) is 10.6. The van der Waals surface area contributed by atoms with Crippen molar-refractivity contribution in [1.29, 1.82) is 0 Å². The molecule has 0 spiro atoms. The van der Waals surface area contributed by atoms with Gasteiger partial charge in [-0.05, 0) is 18.8 Å². The lowest BCUT2D eigenvalue weighted by Gasteiger charge is -2.20. The van der Waals surface area contributed by atoms with Gasteiger partial charge in [0.2, 0.25) is 0 Å². The Balaban J connectivity index is 2.26. The van der Waals surface area contributed by atoms with Crippen LogP contribution >= 0.6 is 0 Å². The van der Waals surface area contributed by atoms with Crippen LogP contribution in [0.2, 0.25) is 0 Å². The van der Waals surface area contributed by atoms with E-state index in [-0.39, 0.29) is 6.61 Å². The third-order valence-corrected chi connectivity index (χ3v) is 2.59. The molecule has 0 aromatic rings. The van der Waals surface area contributed by atoms with Crippen LogP contribution in [0.5, 0.6) is 0 Å². The first-order chi connectivity index (χ1) is 6.54. The van der Waals surface area contributed by atoms with Gasteiger partial charge in [-0.15, -0.1) is 0 Å². The van der Waals surface area contributed by atoms with E-state index in [2.05, 4.69) is 0 Å². The zero-order valence-corrected chi connectivity index (χ0v) is 8.02. The standard InChI is InChI=1S/C9H16F3NO/c10-9(11,12)8(5-13)14-6-7-3-1-2-4-7/h7-8H,1-6,13H2. The van der Waals surface area contributed by atoms with E-state index in [0.29, 0.717) is 5.92 Å². The summed E-state index contributed by atoms with van der Waals surface area (Å²) in [5.41, 5.74) is 5.00. The van der Waals surface area contributed by atoms with Gasteiger partial charge >= 0.3 is 6.18 Å². The summed E-state index contributed by atoms with van der Waals surface area (Å²) in [6, 6.07) is 0. The monoisotopic (exact) mass is 211 g/mol. The predicted octanol–water partition coefficient (Wildman–Crippen LogP) is 2.08. The Morgan fingerprint density at radius 3 is 2.29 bits per heavy atom. The first-order valence-corrected chi connectivity index (χ1v) is 4.92. The van der Waals surface area contributed by atoms with Crippen LogP contribution < -0.4 is 5.73 Å². The van der Waals surface area contributed by atoms with Gasteiger partial charge in [0.05, 0.1) is 6.61 Å². The van der Waals surface area contributed by atoms with Crippen molar-refractivity contribution in [1.82, 2.24) is 0 Å². The summed E-state index contributed by atoms with van der Waals surface area (Å²) in [7, 11) is 0. The Morgan fingerprint density at radius 2 is 1.86 bits per heavy atom. The van der Waals surface area contributed by atoms with Gasteiger partial charge in [0.15, 0.2) is 6.10 Å². The number of hydrogen-bond donors (Lipinski definition) is 1. The molecule has 1 aliphatic carbocycles. The average Bonchev–Trinajstić information content (AvgIpc) is 2.55. The number of hydrogen-bond acceptors (Lipinski definition) is 2. The molecule has 1 rings (SSSR count). The Morgan fingerprint density at radius 1 is 1.29 bits per heavy atom. The molecular formula is C9H16F3NO. The predicted molar refractivity (Wildman–Crippen MR) is 46.8 cm³/mol. The number of ether oxygens (including phenoxy) is 1. The maximum Gasteiger partial charge on any atom is 0.415 e. The summed E-state index contributed by atoms with van der Waals surface area (Å²) < 4.78 is 41.4. The quantitative estimate of drug-likeness (QED) is 0.772. The molecule has 14 heavy (non-hydrogen) atoms. The normalized spacial score (nSPS) is 21.4. The smallest absolute Gasteiger partial charge is 0.367 e. The molecule has 0 saturated heterocycles. The second-order valence-corrected chi connectivity index (χ2v) is 3.75. The summed E-state index contributed by atoms with van der Waals surface area (Å²) >= 11 is 0. The van der Waals surface area contributed by atoms with Crippen LogP contribution in [-0.2, 0) is 4.74 Å². The second kappa shape index (κ2) is 4.98. The van der Waals surface area contributed by atoms with Crippen LogP contribution in [0.4, 0.5) is 13.2 Å². The lowest BCUT2D eigenvalue weighted by Crippen LogP contribution is -2.39. The average molecular weight is 211 g/mol. The Bertz CT molecular complexity index is 166. The molecule has 1 fully saturated rings. The molecule has 0 amide bonds. The SMILES string of the molecule is NCC(OCC1CCCC1)C(F)(F)F. The number of alkyl halides is 3. The fraction of sp³-hybridized carbons (Fsp3) is 1.00. The van der Waals surface area contributed by atoms with Gasteiger partial charge in [-0.2, -0.15) is 13.2 Å². The van der Waals surface area contributed by atoms with Crippen LogP contribution in [0.15, 0.2) is 0 Å². The van der Waals surface area contributed by atoms with E-state index >= 15 is 0 Å². The summed E-state index contributed by atoms with van der Waals surface area (Å²) in [6.07, 6.45) is -1.94. The Kier molecular flexibility index (Phi) is 4.19. The van der Waals surface area contributed by atoms with E-state index in [4.69, 9.17) is 10.5 Å². The highest BCUT2D eigenvalue weighted by molar-refractivity contribution is 4.71. The molecule has 84 valence electrons. The molecule has 2 nitrogen and oxygen atoms in total. The highest BCUT2D eigenvalue weighted by Gasteiger charge is 2.39. The Labute approximate surface area is 81.6 Å². The number of halogens is 3. The molecule has 1 saturated carbocycles. The summed E-state index contributed by atoms with van der Waals surface area (Å²) in [4.78, 5) is 0. The van der Waals surface area contributed by atoms with Crippen molar-refractivity contribution in [2.24, 2.45) is 11.7 Å². The van der Waals surface area contributed by atoms with Crippen LogP contribution in [0, 0.1) is 5.92 Å². The van der Waals surface area contributed by atoms with Crippen molar-refractivity contribution >= 4 is 0 Å². The van der Waals surface area contributed by atoms with Crippen molar-refractivity contribution in [2.45, 2.75) is 38.0 Å².